The monoisotopic (exact) mass is 386 g/mol. The Morgan fingerprint density at radius 1 is 1.29 bits per heavy atom. The summed E-state index contributed by atoms with van der Waals surface area (Å²) in [7, 11) is 1.50. The maximum Gasteiger partial charge on any atom is 0.293 e. The van der Waals surface area contributed by atoms with Crippen LogP contribution in [0.15, 0.2) is 40.2 Å². The van der Waals surface area contributed by atoms with Crippen molar-refractivity contribution in [2.24, 2.45) is 7.05 Å². The van der Waals surface area contributed by atoms with Gasteiger partial charge in [-0.25, -0.2) is 0 Å². The van der Waals surface area contributed by atoms with E-state index in [2.05, 4.69) is 5.32 Å². The zero-order chi connectivity index (χ0) is 17.7. The van der Waals surface area contributed by atoms with Crippen LogP contribution in [0.3, 0.4) is 0 Å². The lowest BCUT2D eigenvalue weighted by atomic mass is 10.2. The van der Waals surface area contributed by atoms with Crippen LogP contribution in [0.2, 0.25) is 10.0 Å². The van der Waals surface area contributed by atoms with Gasteiger partial charge in [-0.05, 0) is 36.4 Å². The van der Waals surface area contributed by atoms with Crippen LogP contribution >= 0.6 is 35.0 Å². The summed E-state index contributed by atoms with van der Waals surface area (Å²) in [6, 6.07) is 6.84. The number of halogens is 2. The van der Waals surface area contributed by atoms with Gasteiger partial charge >= 0.3 is 0 Å². The lowest BCUT2D eigenvalue weighted by Gasteiger charge is -2.08. The number of hydrogen-bond acceptors (Lipinski definition) is 4. The van der Waals surface area contributed by atoms with E-state index in [0.29, 0.717) is 16.6 Å². The Kier molecular flexibility index (Phi) is 6.60. The summed E-state index contributed by atoms with van der Waals surface area (Å²) in [5, 5.41) is 13.4. The number of rotatable bonds is 6. The molecule has 0 aliphatic carbocycles. The third kappa shape index (κ3) is 4.69. The Hall–Kier alpha value is -1.63. The first kappa shape index (κ1) is 18.7. The number of thioether (sulfide) groups is 1. The van der Waals surface area contributed by atoms with E-state index in [-0.39, 0.29) is 5.56 Å². The quantitative estimate of drug-likeness (QED) is 0.589. The number of benzene rings is 1. The van der Waals surface area contributed by atoms with Gasteiger partial charge in [-0.3, -0.25) is 9.59 Å². The van der Waals surface area contributed by atoms with Gasteiger partial charge in [0.2, 0.25) is 0 Å². The van der Waals surface area contributed by atoms with Crippen LogP contribution in [0.5, 0.6) is 5.75 Å². The fourth-order valence-corrected chi connectivity index (χ4v) is 3.18. The number of nitrogens with zero attached hydrogens (tertiary/aromatic N) is 1. The Balaban J connectivity index is 1.80. The maximum absolute atomic E-state index is 12.0. The van der Waals surface area contributed by atoms with Gasteiger partial charge in [0.25, 0.3) is 11.5 Å². The fraction of sp³-hybridized carbons (Fsp3) is 0.250. The van der Waals surface area contributed by atoms with E-state index in [4.69, 9.17) is 23.2 Å². The molecule has 0 saturated carbocycles. The molecule has 1 aromatic heterocycles. The lowest BCUT2D eigenvalue weighted by molar-refractivity contribution is 0.0950. The largest absolute Gasteiger partial charge is 0.502 e. The van der Waals surface area contributed by atoms with Crippen LogP contribution in [-0.4, -0.2) is 27.9 Å². The molecule has 1 heterocycles. The molecule has 0 radical (unpaired) electrons. The van der Waals surface area contributed by atoms with Gasteiger partial charge in [-0.2, -0.15) is 0 Å². The first-order valence-electron chi connectivity index (χ1n) is 7.15. The second kappa shape index (κ2) is 8.46. The molecule has 0 aliphatic rings. The molecule has 2 N–H and O–H groups in total. The molecular formula is C16H16Cl2N2O3S. The van der Waals surface area contributed by atoms with E-state index in [1.807, 2.05) is 6.07 Å². The third-order valence-corrected chi connectivity index (χ3v) is 5.07. The smallest absolute Gasteiger partial charge is 0.293 e. The summed E-state index contributed by atoms with van der Waals surface area (Å²) in [6.07, 6.45) is 2.17. The summed E-state index contributed by atoms with van der Waals surface area (Å²) >= 11 is 13.4. The van der Waals surface area contributed by atoms with Crippen molar-refractivity contribution in [1.29, 1.82) is 0 Å². The van der Waals surface area contributed by atoms with Crippen molar-refractivity contribution >= 4 is 40.9 Å². The average Bonchev–Trinajstić information content (AvgIpc) is 2.55. The van der Waals surface area contributed by atoms with Crippen LogP contribution in [0, 0.1) is 0 Å². The molecule has 128 valence electrons. The van der Waals surface area contributed by atoms with Crippen molar-refractivity contribution in [2.75, 3.05) is 12.3 Å². The van der Waals surface area contributed by atoms with Crippen molar-refractivity contribution in [3.8, 4) is 5.75 Å². The van der Waals surface area contributed by atoms with Crippen molar-refractivity contribution < 1.29 is 9.90 Å². The summed E-state index contributed by atoms with van der Waals surface area (Å²) < 4.78 is 1.21. The number of amides is 1. The molecule has 2 aromatic rings. The molecule has 24 heavy (non-hydrogen) atoms. The highest BCUT2D eigenvalue weighted by Crippen LogP contribution is 2.28. The van der Waals surface area contributed by atoms with E-state index in [9.17, 15) is 14.7 Å². The van der Waals surface area contributed by atoms with Gasteiger partial charge in [0.15, 0.2) is 5.75 Å². The molecule has 0 aliphatic heterocycles. The van der Waals surface area contributed by atoms with E-state index < -0.39 is 17.2 Å². The summed E-state index contributed by atoms with van der Waals surface area (Å²) in [5.74, 6) is -0.228. The Morgan fingerprint density at radius 3 is 2.75 bits per heavy atom. The van der Waals surface area contributed by atoms with Gasteiger partial charge in [-0.1, -0.05) is 23.2 Å². The summed E-state index contributed by atoms with van der Waals surface area (Å²) in [6.45, 7) is 0.432. The molecule has 5 nitrogen and oxygen atoms in total. The predicted molar refractivity (Wildman–Crippen MR) is 97.5 cm³/mol. The van der Waals surface area contributed by atoms with Crippen molar-refractivity contribution in [3.63, 3.8) is 0 Å². The second-order valence-electron chi connectivity index (χ2n) is 5.03. The number of aromatic nitrogens is 1. The topological polar surface area (TPSA) is 71.3 Å². The zero-order valence-electron chi connectivity index (χ0n) is 12.9. The molecule has 0 atom stereocenters. The number of aromatic hydroxyl groups is 1. The maximum atomic E-state index is 12.0. The van der Waals surface area contributed by atoms with Crippen LogP contribution < -0.4 is 10.9 Å². The van der Waals surface area contributed by atoms with Gasteiger partial charge in [-0.15, -0.1) is 11.8 Å². The summed E-state index contributed by atoms with van der Waals surface area (Å²) in [4.78, 5) is 24.6. The molecular weight excluding hydrogens is 371 g/mol. The Bertz CT molecular complexity index is 808. The minimum atomic E-state index is -0.599. The first-order valence-corrected chi connectivity index (χ1v) is 8.89. The minimum absolute atomic E-state index is 0.0183. The van der Waals surface area contributed by atoms with Crippen LogP contribution in [0.1, 0.15) is 16.8 Å². The van der Waals surface area contributed by atoms with Crippen LogP contribution in [0.4, 0.5) is 0 Å². The number of nitrogens with one attached hydrogen (secondary N) is 1. The fourth-order valence-electron chi connectivity index (χ4n) is 1.92. The molecule has 0 fully saturated rings. The summed E-state index contributed by atoms with van der Waals surface area (Å²) in [5.41, 5.74) is -0.618. The number of carbonyl (C=O) groups is 1. The number of aryl methyl sites for hydroxylation is 1. The standard InChI is InChI=1S/C16H16Cl2N2O3S/c1-20-7-5-11(14(21)16(20)23)15(22)19-6-2-8-24-10-3-4-12(17)13(18)9-10/h3-5,7,9,21H,2,6,8H2,1H3,(H,19,22). The molecule has 0 unspecified atom stereocenters. The molecule has 2 rings (SSSR count). The average molecular weight is 387 g/mol. The van der Waals surface area contributed by atoms with Gasteiger partial charge in [0.1, 0.15) is 0 Å². The second-order valence-corrected chi connectivity index (χ2v) is 7.01. The van der Waals surface area contributed by atoms with E-state index >= 15 is 0 Å². The van der Waals surface area contributed by atoms with Crippen molar-refractivity contribution in [3.05, 3.63) is 56.4 Å². The van der Waals surface area contributed by atoms with Crippen molar-refractivity contribution in [1.82, 2.24) is 9.88 Å². The number of hydrogen-bond donors (Lipinski definition) is 2. The van der Waals surface area contributed by atoms with Gasteiger partial charge < -0.3 is 15.0 Å². The lowest BCUT2D eigenvalue weighted by Crippen LogP contribution is -2.27. The van der Waals surface area contributed by atoms with E-state index in [0.717, 1.165) is 17.1 Å². The SMILES string of the molecule is Cn1ccc(C(=O)NCCCSc2ccc(Cl)c(Cl)c2)c(O)c1=O. The molecule has 0 spiro atoms. The van der Waals surface area contributed by atoms with Gasteiger partial charge in [0.05, 0.1) is 15.6 Å². The number of carbonyl (C=O) groups excluding carboxylic acids is 1. The number of pyridine rings is 1. The Labute approximate surface area is 153 Å². The van der Waals surface area contributed by atoms with E-state index in [1.54, 1.807) is 23.9 Å². The highest BCUT2D eigenvalue weighted by Gasteiger charge is 2.14. The first-order chi connectivity index (χ1) is 11.4. The zero-order valence-corrected chi connectivity index (χ0v) is 15.2. The van der Waals surface area contributed by atoms with Gasteiger partial charge in [0, 0.05) is 24.7 Å². The molecule has 8 heteroatoms. The van der Waals surface area contributed by atoms with Crippen molar-refractivity contribution in [2.45, 2.75) is 11.3 Å². The van der Waals surface area contributed by atoms with E-state index in [1.165, 1.54) is 23.9 Å². The molecule has 0 bridgehead atoms. The highest BCUT2D eigenvalue weighted by molar-refractivity contribution is 7.99. The highest BCUT2D eigenvalue weighted by atomic mass is 35.5. The predicted octanol–water partition coefficient (Wildman–Crippen LogP) is 3.31. The molecule has 1 aromatic carbocycles. The van der Waals surface area contributed by atoms with Crippen LogP contribution in [0.25, 0.3) is 0 Å². The van der Waals surface area contributed by atoms with Crippen LogP contribution in [-0.2, 0) is 7.05 Å². The molecule has 0 saturated heterocycles. The Morgan fingerprint density at radius 2 is 2.04 bits per heavy atom. The third-order valence-electron chi connectivity index (χ3n) is 3.25. The minimum Gasteiger partial charge on any atom is -0.502 e. The normalized spacial score (nSPS) is 10.6. The molecule has 1 amide bonds.